The third kappa shape index (κ3) is 52.5. The van der Waals surface area contributed by atoms with Crippen molar-refractivity contribution in [3.05, 3.63) is 36.5 Å². The summed E-state index contributed by atoms with van der Waals surface area (Å²) in [7, 11) is 1.61. The fourth-order valence-electron chi connectivity index (χ4n) is 8.83. The van der Waals surface area contributed by atoms with E-state index in [4.69, 9.17) is 9.05 Å². The molecule has 0 aromatic heterocycles. The van der Waals surface area contributed by atoms with Gasteiger partial charge in [0.1, 0.15) is 13.2 Å². The van der Waals surface area contributed by atoms with Crippen molar-refractivity contribution in [1.82, 2.24) is 5.32 Å². The summed E-state index contributed by atoms with van der Waals surface area (Å²) in [5.41, 5.74) is 0. The molecule has 0 aliphatic rings. The van der Waals surface area contributed by atoms with Gasteiger partial charge in [0.25, 0.3) is 0 Å². The number of rotatable bonds is 54. The number of unbranched alkanes of at least 4 members (excludes halogenated alkanes) is 35. The fourth-order valence-corrected chi connectivity index (χ4v) is 9.56. The van der Waals surface area contributed by atoms with E-state index in [9.17, 15) is 19.4 Å². The lowest BCUT2D eigenvalue weighted by Crippen LogP contribution is -2.46. The maximum absolute atomic E-state index is 13.0. The maximum atomic E-state index is 13.0. The van der Waals surface area contributed by atoms with Crippen molar-refractivity contribution in [3.8, 4) is 0 Å². The number of hydrogen-bond acceptors (Lipinski definition) is 5. The maximum Gasteiger partial charge on any atom is 0.472 e. The molecule has 3 N–H and O–H groups in total. The Labute approximate surface area is 423 Å². The second-order valence-electron chi connectivity index (χ2n) is 21.3. The number of phosphoric acid groups is 1. The number of likely N-dealkylation sites (N-methyl/N-ethyl adjacent to an activating group) is 1. The number of nitrogens with one attached hydrogen (secondary N) is 1. The molecule has 0 aliphatic carbocycles. The predicted octanol–water partition coefficient (Wildman–Crippen LogP) is 17.8. The second-order valence-corrected chi connectivity index (χ2v) is 22.8. The van der Waals surface area contributed by atoms with Crippen molar-refractivity contribution in [3.63, 3.8) is 0 Å². The zero-order valence-corrected chi connectivity index (χ0v) is 46.8. The van der Waals surface area contributed by atoms with E-state index in [0.29, 0.717) is 23.9 Å². The van der Waals surface area contributed by atoms with Gasteiger partial charge in [-0.25, -0.2) is 4.57 Å². The van der Waals surface area contributed by atoms with E-state index < -0.39 is 20.0 Å². The van der Waals surface area contributed by atoms with Crippen molar-refractivity contribution in [2.45, 2.75) is 296 Å². The number of quaternary nitrogens is 1. The quantitative estimate of drug-likeness (QED) is 0.0243. The normalized spacial score (nSPS) is 14.2. The summed E-state index contributed by atoms with van der Waals surface area (Å²) in [4.78, 5) is 23.3. The Kier molecular flexibility index (Phi) is 49.7. The summed E-state index contributed by atoms with van der Waals surface area (Å²) >= 11 is 0. The number of nitrogens with zero attached hydrogens (tertiary/aromatic N) is 1. The number of amides is 1. The van der Waals surface area contributed by atoms with E-state index in [2.05, 4.69) is 55.6 Å². The highest BCUT2D eigenvalue weighted by molar-refractivity contribution is 7.47. The Morgan fingerprint density at radius 1 is 0.515 bits per heavy atom. The van der Waals surface area contributed by atoms with E-state index in [0.717, 1.165) is 77.0 Å². The minimum atomic E-state index is -4.33. The average Bonchev–Trinajstić information content (AvgIpc) is 3.30. The van der Waals surface area contributed by atoms with Gasteiger partial charge >= 0.3 is 7.82 Å². The molecule has 0 bridgehead atoms. The number of aliphatic hydroxyl groups is 1. The number of hydrogen-bond donors (Lipinski definition) is 3. The van der Waals surface area contributed by atoms with Crippen LogP contribution >= 0.6 is 7.82 Å². The summed E-state index contributed by atoms with van der Waals surface area (Å²) < 4.78 is 23.8. The van der Waals surface area contributed by atoms with E-state index in [1.165, 1.54) is 180 Å². The van der Waals surface area contributed by atoms with Gasteiger partial charge in [-0.15, -0.1) is 0 Å². The first-order chi connectivity index (χ1) is 33.0. The molecule has 0 aromatic carbocycles. The standard InChI is InChI=1S/C59H115N2O6P/c1-6-8-10-12-14-16-18-20-22-23-24-25-26-27-28-29-30-31-32-33-34-35-36-37-39-40-42-44-46-48-50-52-58(62)57(56-67-68(64,65)66-55-54-61(3,4)5)60-59(63)53-51-49-47-45-43-41-38-21-19-17-15-13-11-9-7-2/h9,11,15,17,21,38,57-58,62H,6-8,10,12-14,16,18-20,22-37,39-56H2,1-5H3,(H-,60,63,64,65)/p+1/b11-9-,17-15-,38-21-. The van der Waals surface area contributed by atoms with E-state index in [1.807, 2.05) is 21.1 Å². The third-order valence-corrected chi connectivity index (χ3v) is 14.4. The lowest BCUT2D eigenvalue weighted by Gasteiger charge is -2.26. The molecule has 3 unspecified atom stereocenters. The highest BCUT2D eigenvalue weighted by Gasteiger charge is 2.28. The van der Waals surface area contributed by atoms with Gasteiger partial charge in [0.2, 0.25) is 5.91 Å². The van der Waals surface area contributed by atoms with Crippen molar-refractivity contribution in [2.75, 3.05) is 40.9 Å². The Hall–Kier alpha value is -1.28. The van der Waals surface area contributed by atoms with Crippen LogP contribution < -0.4 is 5.32 Å². The van der Waals surface area contributed by atoms with Gasteiger partial charge in [-0.05, 0) is 44.9 Å². The molecular formula is C59H116N2O6P+. The first-order valence-electron chi connectivity index (χ1n) is 29.4. The smallest absolute Gasteiger partial charge is 0.391 e. The number of allylic oxidation sites excluding steroid dienone is 6. The SMILES string of the molecule is CC/C=C\C/C=C\C/C=C\CCCCCCCC(=O)NC(COP(=O)(O)OCC[N+](C)(C)C)C(O)CCCCCCCCCCCCCCCCCCCCCCCCCCCCCCCCC. The molecule has 0 aromatic rings. The van der Waals surface area contributed by atoms with Gasteiger partial charge in [-0.2, -0.15) is 0 Å². The zero-order chi connectivity index (χ0) is 49.9. The summed E-state index contributed by atoms with van der Waals surface area (Å²) in [6, 6.07) is -0.770. The molecule has 0 spiro atoms. The molecule has 402 valence electrons. The molecule has 3 atom stereocenters. The van der Waals surface area contributed by atoms with E-state index >= 15 is 0 Å². The van der Waals surface area contributed by atoms with Crippen LogP contribution in [0.5, 0.6) is 0 Å². The zero-order valence-electron chi connectivity index (χ0n) is 45.9. The van der Waals surface area contributed by atoms with Gasteiger partial charge in [0.15, 0.2) is 0 Å². The van der Waals surface area contributed by atoms with Gasteiger partial charge in [0, 0.05) is 6.42 Å². The molecule has 1 amide bonds. The minimum Gasteiger partial charge on any atom is -0.391 e. The first-order valence-corrected chi connectivity index (χ1v) is 30.8. The molecule has 0 saturated heterocycles. The molecule has 0 heterocycles. The van der Waals surface area contributed by atoms with Gasteiger partial charge in [-0.3, -0.25) is 13.8 Å². The van der Waals surface area contributed by atoms with Gasteiger partial charge in [0.05, 0.1) is 39.9 Å². The Bertz CT molecular complexity index is 1200. The topological polar surface area (TPSA) is 105 Å². The van der Waals surface area contributed by atoms with Crippen LogP contribution in [0, 0.1) is 0 Å². The molecule has 9 heteroatoms. The summed E-state index contributed by atoms with van der Waals surface area (Å²) in [6.07, 6.45) is 65.1. The molecule has 0 rings (SSSR count). The largest absolute Gasteiger partial charge is 0.472 e. The van der Waals surface area contributed by atoms with Gasteiger partial charge < -0.3 is 19.8 Å². The minimum absolute atomic E-state index is 0.0708. The lowest BCUT2D eigenvalue weighted by molar-refractivity contribution is -0.870. The molecule has 0 saturated carbocycles. The highest BCUT2D eigenvalue weighted by Crippen LogP contribution is 2.43. The number of aliphatic hydroxyl groups excluding tert-OH is 1. The van der Waals surface area contributed by atoms with Crippen molar-refractivity contribution in [2.24, 2.45) is 0 Å². The molecule has 8 nitrogen and oxygen atoms in total. The molecule has 68 heavy (non-hydrogen) atoms. The van der Waals surface area contributed by atoms with Crippen LogP contribution in [-0.4, -0.2) is 73.4 Å². The summed E-state index contributed by atoms with van der Waals surface area (Å²) in [6.45, 7) is 4.79. The highest BCUT2D eigenvalue weighted by atomic mass is 31.2. The van der Waals surface area contributed by atoms with E-state index in [-0.39, 0.29) is 19.1 Å². The van der Waals surface area contributed by atoms with Crippen LogP contribution in [-0.2, 0) is 18.4 Å². The van der Waals surface area contributed by atoms with Crippen molar-refractivity contribution < 1.29 is 32.9 Å². The molecule has 0 radical (unpaired) electrons. The summed E-state index contributed by atoms with van der Waals surface area (Å²) in [5, 5.41) is 14.0. The lowest BCUT2D eigenvalue weighted by atomic mass is 10.0. The van der Waals surface area contributed by atoms with E-state index in [1.54, 1.807) is 0 Å². The van der Waals surface area contributed by atoms with Crippen LogP contribution in [0.15, 0.2) is 36.5 Å². The Balaban J connectivity index is 4.04. The van der Waals surface area contributed by atoms with Crippen LogP contribution in [0.2, 0.25) is 0 Å². The summed E-state index contributed by atoms with van der Waals surface area (Å²) in [5.74, 6) is -0.159. The molecule has 0 aliphatic heterocycles. The van der Waals surface area contributed by atoms with Crippen LogP contribution in [0.25, 0.3) is 0 Å². The second kappa shape index (κ2) is 50.7. The number of phosphoric ester groups is 1. The fraction of sp³-hybridized carbons (Fsp3) is 0.881. The van der Waals surface area contributed by atoms with Crippen LogP contribution in [0.4, 0.5) is 0 Å². The van der Waals surface area contributed by atoms with Gasteiger partial charge in [-0.1, -0.05) is 269 Å². The Morgan fingerprint density at radius 2 is 0.882 bits per heavy atom. The van der Waals surface area contributed by atoms with Crippen LogP contribution in [0.3, 0.4) is 0 Å². The molecular weight excluding hydrogens is 864 g/mol. The number of carbonyl (C=O) groups is 1. The van der Waals surface area contributed by atoms with Crippen LogP contribution in [0.1, 0.15) is 284 Å². The predicted molar refractivity (Wildman–Crippen MR) is 295 cm³/mol. The average molecular weight is 981 g/mol. The third-order valence-electron chi connectivity index (χ3n) is 13.4. The first kappa shape index (κ1) is 66.7. The van der Waals surface area contributed by atoms with Crippen molar-refractivity contribution in [1.29, 1.82) is 0 Å². The Morgan fingerprint density at radius 3 is 1.29 bits per heavy atom. The molecule has 0 fully saturated rings. The van der Waals surface area contributed by atoms with Crippen molar-refractivity contribution >= 4 is 13.7 Å². The monoisotopic (exact) mass is 980 g/mol. The number of carbonyl (C=O) groups excluding carboxylic acids is 1.